The van der Waals surface area contributed by atoms with Crippen LogP contribution in [0.25, 0.3) is 33.5 Å². The van der Waals surface area contributed by atoms with Crippen molar-refractivity contribution >= 4 is 22.5 Å². The summed E-state index contributed by atoms with van der Waals surface area (Å²) in [7, 11) is 0. The van der Waals surface area contributed by atoms with Crippen molar-refractivity contribution in [2.24, 2.45) is 0 Å². The highest BCUT2D eigenvalue weighted by Gasteiger charge is 2.11. The van der Waals surface area contributed by atoms with Gasteiger partial charge in [0.25, 0.3) is 0 Å². The zero-order valence-corrected chi connectivity index (χ0v) is 14.3. The van der Waals surface area contributed by atoms with E-state index in [1.165, 1.54) is 6.92 Å². The predicted octanol–water partition coefficient (Wildman–Crippen LogP) is 4.92. The maximum Gasteiger partial charge on any atom is 0.221 e. The predicted molar refractivity (Wildman–Crippen MR) is 105 cm³/mol. The molecule has 0 radical (unpaired) electrons. The van der Waals surface area contributed by atoms with Crippen LogP contribution in [0.1, 0.15) is 6.92 Å². The molecule has 0 bridgehead atoms. The minimum absolute atomic E-state index is 0.0865. The molecule has 0 fully saturated rings. The summed E-state index contributed by atoms with van der Waals surface area (Å²) in [6, 6.07) is 25.7. The maximum absolute atomic E-state index is 11.2. The van der Waals surface area contributed by atoms with E-state index in [9.17, 15) is 4.79 Å². The Morgan fingerprint density at radius 2 is 1.46 bits per heavy atom. The second-order valence-electron chi connectivity index (χ2n) is 6.04. The van der Waals surface area contributed by atoms with Crippen LogP contribution in [0.2, 0.25) is 0 Å². The van der Waals surface area contributed by atoms with Crippen molar-refractivity contribution in [3.8, 4) is 22.6 Å². The van der Waals surface area contributed by atoms with Crippen molar-refractivity contribution in [3.05, 3.63) is 78.9 Å². The fraction of sp³-hybridized carbons (Fsp3) is 0.0455. The summed E-state index contributed by atoms with van der Waals surface area (Å²) in [6.45, 7) is 1.50. The van der Waals surface area contributed by atoms with Crippen LogP contribution >= 0.6 is 0 Å². The average molecular weight is 339 g/mol. The first-order chi connectivity index (χ1) is 12.7. The van der Waals surface area contributed by atoms with Gasteiger partial charge in [0.1, 0.15) is 0 Å². The normalized spacial score (nSPS) is 10.7. The molecule has 0 spiro atoms. The molecule has 0 atom stereocenters. The summed E-state index contributed by atoms with van der Waals surface area (Å²) in [5.41, 5.74) is 4.51. The smallest absolute Gasteiger partial charge is 0.221 e. The van der Waals surface area contributed by atoms with E-state index < -0.39 is 0 Å². The standard InChI is InChI=1S/C22H17N3O/c1-15(26)23-18-13-11-16(12-14-18)21-19-9-5-6-10-20(19)24-22(25-21)17-7-3-2-4-8-17/h2-14H,1H3,(H,23,26). The quantitative estimate of drug-likeness (QED) is 0.576. The number of aromatic nitrogens is 2. The summed E-state index contributed by atoms with van der Waals surface area (Å²) in [5.74, 6) is 0.613. The second kappa shape index (κ2) is 6.76. The number of fused-ring (bicyclic) bond motifs is 1. The Hall–Kier alpha value is -3.53. The molecule has 1 heterocycles. The molecule has 26 heavy (non-hydrogen) atoms. The first-order valence-corrected chi connectivity index (χ1v) is 8.41. The molecule has 0 aliphatic heterocycles. The van der Waals surface area contributed by atoms with E-state index >= 15 is 0 Å². The number of nitrogens with zero attached hydrogens (tertiary/aromatic N) is 2. The topological polar surface area (TPSA) is 54.9 Å². The zero-order valence-electron chi connectivity index (χ0n) is 14.3. The summed E-state index contributed by atoms with van der Waals surface area (Å²) in [6.07, 6.45) is 0. The lowest BCUT2D eigenvalue weighted by Gasteiger charge is -2.10. The molecule has 4 nitrogen and oxygen atoms in total. The second-order valence-corrected chi connectivity index (χ2v) is 6.04. The number of carbonyl (C=O) groups is 1. The van der Waals surface area contributed by atoms with Gasteiger partial charge in [0, 0.05) is 29.1 Å². The molecule has 4 heteroatoms. The van der Waals surface area contributed by atoms with Gasteiger partial charge in [-0.05, 0) is 18.2 Å². The van der Waals surface area contributed by atoms with Crippen molar-refractivity contribution in [1.29, 1.82) is 0 Å². The third-order valence-electron chi connectivity index (χ3n) is 4.11. The van der Waals surface area contributed by atoms with Gasteiger partial charge in [-0.15, -0.1) is 0 Å². The minimum atomic E-state index is -0.0865. The number of amides is 1. The lowest BCUT2D eigenvalue weighted by molar-refractivity contribution is -0.114. The Bertz CT molecular complexity index is 1070. The van der Waals surface area contributed by atoms with Gasteiger partial charge in [0.2, 0.25) is 5.91 Å². The lowest BCUT2D eigenvalue weighted by atomic mass is 10.1. The molecule has 3 aromatic carbocycles. The maximum atomic E-state index is 11.2. The van der Waals surface area contributed by atoms with E-state index in [4.69, 9.17) is 9.97 Å². The Balaban J connectivity index is 1.87. The van der Waals surface area contributed by atoms with Crippen LogP contribution in [0.3, 0.4) is 0 Å². The molecular formula is C22H17N3O. The first kappa shape index (κ1) is 16.0. The molecular weight excluding hydrogens is 322 g/mol. The van der Waals surface area contributed by atoms with Crippen LogP contribution in [0.15, 0.2) is 78.9 Å². The highest BCUT2D eigenvalue weighted by atomic mass is 16.1. The van der Waals surface area contributed by atoms with Crippen LogP contribution in [-0.2, 0) is 4.79 Å². The zero-order chi connectivity index (χ0) is 17.9. The Kier molecular flexibility index (Phi) is 4.15. The summed E-state index contributed by atoms with van der Waals surface area (Å²) in [5, 5.41) is 3.79. The van der Waals surface area contributed by atoms with Crippen molar-refractivity contribution in [3.63, 3.8) is 0 Å². The van der Waals surface area contributed by atoms with Crippen molar-refractivity contribution in [2.75, 3.05) is 5.32 Å². The van der Waals surface area contributed by atoms with Gasteiger partial charge in [-0.3, -0.25) is 4.79 Å². The molecule has 4 rings (SSSR count). The molecule has 1 amide bonds. The number of benzene rings is 3. The highest BCUT2D eigenvalue weighted by Crippen LogP contribution is 2.29. The molecule has 0 aliphatic rings. The molecule has 1 aromatic heterocycles. The van der Waals surface area contributed by atoms with Gasteiger partial charge in [-0.1, -0.05) is 60.7 Å². The Labute approximate surface area is 151 Å². The van der Waals surface area contributed by atoms with Gasteiger partial charge in [0.05, 0.1) is 11.2 Å². The first-order valence-electron chi connectivity index (χ1n) is 8.41. The van der Waals surface area contributed by atoms with E-state index in [0.29, 0.717) is 5.82 Å². The van der Waals surface area contributed by atoms with Crippen molar-refractivity contribution in [1.82, 2.24) is 9.97 Å². The molecule has 126 valence electrons. The number of rotatable bonds is 3. The van der Waals surface area contributed by atoms with E-state index in [1.807, 2.05) is 78.9 Å². The lowest BCUT2D eigenvalue weighted by Crippen LogP contribution is -2.05. The molecule has 0 unspecified atom stereocenters. The third kappa shape index (κ3) is 3.17. The minimum Gasteiger partial charge on any atom is -0.326 e. The van der Waals surface area contributed by atoms with Crippen LogP contribution in [0.5, 0.6) is 0 Å². The van der Waals surface area contributed by atoms with E-state index in [1.54, 1.807) is 0 Å². The van der Waals surface area contributed by atoms with Crippen LogP contribution in [-0.4, -0.2) is 15.9 Å². The SMILES string of the molecule is CC(=O)Nc1ccc(-c2nc(-c3ccccc3)nc3ccccc23)cc1. The van der Waals surface area contributed by atoms with Crippen LogP contribution < -0.4 is 5.32 Å². The van der Waals surface area contributed by atoms with Gasteiger partial charge in [0.15, 0.2) is 5.82 Å². The average Bonchev–Trinajstić information content (AvgIpc) is 2.68. The third-order valence-corrected chi connectivity index (χ3v) is 4.11. The van der Waals surface area contributed by atoms with E-state index in [2.05, 4.69) is 5.32 Å². The van der Waals surface area contributed by atoms with Gasteiger partial charge < -0.3 is 5.32 Å². The molecule has 4 aromatic rings. The number of para-hydroxylation sites is 1. The largest absolute Gasteiger partial charge is 0.326 e. The number of nitrogens with one attached hydrogen (secondary N) is 1. The van der Waals surface area contributed by atoms with E-state index in [0.717, 1.165) is 33.4 Å². The van der Waals surface area contributed by atoms with Crippen LogP contribution in [0.4, 0.5) is 5.69 Å². The Morgan fingerprint density at radius 3 is 2.19 bits per heavy atom. The number of anilines is 1. The number of carbonyl (C=O) groups excluding carboxylic acids is 1. The summed E-state index contributed by atoms with van der Waals surface area (Å²) >= 11 is 0. The highest BCUT2D eigenvalue weighted by molar-refractivity contribution is 5.94. The molecule has 1 N–H and O–H groups in total. The van der Waals surface area contributed by atoms with Gasteiger partial charge in [-0.2, -0.15) is 0 Å². The molecule has 0 aliphatic carbocycles. The number of hydrogen-bond acceptors (Lipinski definition) is 3. The fourth-order valence-corrected chi connectivity index (χ4v) is 2.93. The summed E-state index contributed by atoms with van der Waals surface area (Å²) < 4.78 is 0. The monoisotopic (exact) mass is 339 g/mol. The van der Waals surface area contributed by atoms with Crippen molar-refractivity contribution < 1.29 is 4.79 Å². The van der Waals surface area contributed by atoms with Crippen LogP contribution in [0, 0.1) is 0 Å². The summed E-state index contributed by atoms with van der Waals surface area (Å²) in [4.78, 5) is 20.8. The van der Waals surface area contributed by atoms with E-state index in [-0.39, 0.29) is 5.91 Å². The van der Waals surface area contributed by atoms with Crippen molar-refractivity contribution in [2.45, 2.75) is 6.92 Å². The Morgan fingerprint density at radius 1 is 0.769 bits per heavy atom. The van der Waals surface area contributed by atoms with Gasteiger partial charge in [-0.25, -0.2) is 9.97 Å². The molecule has 0 saturated carbocycles. The number of hydrogen-bond donors (Lipinski definition) is 1. The van der Waals surface area contributed by atoms with Gasteiger partial charge >= 0.3 is 0 Å². The fourth-order valence-electron chi connectivity index (χ4n) is 2.93. The molecule has 0 saturated heterocycles.